The van der Waals surface area contributed by atoms with Crippen molar-refractivity contribution in [2.75, 3.05) is 0 Å². The van der Waals surface area contributed by atoms with Gasteiger partial charge in [0.25, 0.3) is 5.91 Å². The van der Waals surface area contributed by atoms with Crippen LogP contribution >= 0.6 is 0 Å². The maximum Gasteiger partial charge on any atom is 0.251 e. The molecule has 1 N–H and O–H groups in total. The van der Waals surface area contributed by atoms with Gasteiger partial charge in [-0.25, -0.2) is 4.98 Å². The molecule has 174 valence electrons. The van der Waals surface area contributed by atoms with Crippen LogP contribution in [0.25, 0.3) is 11.0 Å². The zero-order valence-corrected chi connectivity index (χ0v) is 20.0. The van der Waals surface area contributed by atoms with E-state index in [1.54, 1.807) is 12.4 Å². The molecule has 0 bridgehead atoms. The van der Waals surface area contributed by atoms with Crippen LogP contribution in [0.2, 0.25) is 0 Å². The summed E-state index contributed by atoms with van der Waals surface area (Å²) in [7, 11) is 0. The first kappa shape index (κ1) is 22.5. The fourth-order valence-corrected chi connectivity index (χ4v) is 4.25. The Kier molecular flexibility index (Phi) is 6.40. The lowest BCUT2D eigenvalue weighted by Crippen LogP contribution is -2.22. The van der Waals surface area contributed by atoms with Gasteiger partial charge >= 0.3 is 0 Å². The summed E-state index contributed by atoms with van der Waals surface area (Å²) >= 11 is 0. The minimum Gasteiger partial charge on any atom is -0.348 e. The summed E-state index contributed by atoms with van der Waals surface area (Å²) < 4.78 is 2.30. The third-order valence-electron chi connectivity index (χ3n) is 6.38. The second-order valence-corrected chi connectivity index (χ2v) is 8.94. The maximum atomic E-state index is 12.6. The molecule has 0 spiro atoms. The van der Waals surface area contributed by atoms with Gasteiger partial charge in [-0.05, 0) is 72.0 Å². The fraction of sp³-hybridized carbons (Fsp3) is 0.167. The van der Waals surface area contributed by atoms with Gasteiger partial charge in [0.1, 0.15) is 5.82 Å². The van der Waals surface area contributed by atoms with Crippen LogP contribution in [0, 0.1) is 13.8 Å². The number of rotatable bonds is 7. The molecule has 0 radical (unpaired) electrons. The lowest BCUT2D eigenvalue weighted by molar-refractivity contribution is 0.0951. The second kappa shape index (κ2) is 9.94. The van der Waals surface area contributed by atoms with Gasteiger partial charge in [-0.1, -0.05) is 48.5 Å². The molecule has 5 rings (SSSR count). The SMILES string of the molecule is Cc1cc2nc(Cc3ccccc3)n(Cc3ccc(C(=O)NCc4cccnc4)cc3)c2cc1C. The Morgan fingerprint density at radius 3 is 2.34 bits per heavy atom. The molecule has 5 nitrogen and oxygen atoms in total. The van der Waals surface area contributed by atoms with E-state index in [-0.39, 0.29) is 5.91 Å². The van der Waals surface area contributed by atoms with Gasteiger partial charge in [0.05, 0.1) is 11.0 Å². The molecule has 3 aromatic carbocycles. The highest BCUT2D eigenvalue weighted by atomic mass is 16.1. The van der Waals surface area contributed by atoms with E-state index in [0.717, 1.165) is 34.4 Å². The van der Waals surface area contributed by atoms with Gasteiger partial charge in [-0.3, -0.25) is 9.78 Å². The van der Waals surface area contributed by atoms with Crippen molar-refractivity contribution in [2.45, 2.75) is 33.4 Å². The van der Waals surface area contributed by atoms with Gasteiger partial charge in [0, 0.05) is 37.5 Å². The molecule has 0 aliphatic rings. The lowest BCUT2D eigenvalue weighted by atomic mass is 10.1. The van der Waals surface area contributed by atoms with Crippen LogP contribution in [0.5, 0.6) is 0 Å². The number of hydrogen-bond donors (Lipinski definition) is 1. The number of hydrogen-bond acceptors (Lipinski definition) is 3. The van der Waals surface area contributed by atoms with Crippen LogP contribution in [0.1, 0.15) is 44.0 Å². The van der Waals surface area contributed by atoms with Crippen LogP contribution in [-0.4, -0.2) is 20.4 Å². The number of benzene rings is 3. The van der Waals surface area contributed by atoms with E-state index in [9.17, 15) is 4.79 Å². The van der Waals surface area contributed by atoms with Crippen LogP contribution in [-0.2, 0) is 19.5 Å². The monoisotopic (exact) mass is 460 g/mol. The number of carbonyl (C=O) groups is 1. The molecule has 2 heterocycles. The smallest absolute Gasteiger partial charge is 0.251 e. The first-order chi connectivity index (χ1) is 17.1. The molecule has 5 aromatic rings. The molecule has 0 aliphatic carbocycles. The van der Waals surface area contributed by atoms with E-state index in [1.807, 2.05) is 42.5 Å². The molecular weight excluding hydrogens is 432 g/mol. The van der Waals surface area contributed by atoms with Crippen molar-refractivity contribution in [1.29, 1.82) is 0 Å². The number of nitrogens with one attached hydrogen (secondary N) is 1. The van der Waals surface area contributed by atoms with Crippen molar-refractivity contribution in [3.05, 3.63) is 130 Å². The first-order valence-corrected chi connectivity index (χ1v) is 11.8. The number of imidazole rings is 1. The third-order valence-corrected chi connectivity index (χ3v) is 6.38. The Morgan fingerprint density at radius 1 is 0.857 bits per heavy atom. The predicted molar refractivity (Wildman–Crippen MR) is 139 cm³/mol. The second-order valence-electron chi connectivity index (χ2n) is 8.94. The highest BCUT2D eigenvalue weighted by Crippen LogP contribution is 2.24. The molecule has 5 heteroatoms. The molecular formula is C30H28N4O. The van der Waals surface area contributed by atoms with Crippen molar-refractivity contribution >= 4 is 16.9 Å². The largest absolute Gasteiger partial charge is 0.348 e. The van der Waals surface area contributed by atoms with Crippen molar-refractivity contribution in [3.63, 3.8) is 0 Å². The van der Waals surface area contributed by atoms with E-state index < -0.39 is 0 Å². The van der Waals surface area contributed by atoms with E-state index in [0.29, 0.717) is 18.7 Å². The average Bonchev–Trinajstić information content (AvgIpc) is 3.19. The van der Waals surface area contributed by atoms with E-state index >= 15 is 0 Å². The topological polar surface area (TPSA) is 59.8 Å². The van der Waals surface area contributed by atoms with Crippen molar-refractivity contribution in [1.82, 2.24) is 19.9 Å². The van der Waals surface area contributed by atoms with Gasteiger partial charge in [0.2, 0.25) is 0 Å². The van der Waals surface area contributed by atoms with Gasteiger partial charge in [-0.15, -0.1) is 0 Å². The van der Waals surface area contributed by atoms with E-state index in [2.05, 4.69) is 65.1 Å². The summed E-state index contributed by atoms with van der Waals surface area (Å²) in [5.41, 5.74) is 8.63. The highest BCUT2D eigenvalue weighted by molar-refractivity contribution is 5.94. The minimum atomic E-state index is -0.0932. The van der Waals surface area contributed by atoms with Crippen molar-refractivity contribution in [3.8, 4) is 0 Å². The Bertz CT molecular complexity index is 1460. The molecule has 0 unspecified atom stereocenters. The normalized spacial score (nSPS) is 11.0. The van der Waals surface area contributed by atoms with Crippen LogP contribution < -0.4 is 5.32 Å². The summed E-state index contributed by atoms with van der Waals surface area (Å²) in [5.74, 6) is 0.943. The summed E-state index contributed by atoms with van der Waals surface area (Å²) in [6, 6.07) is 26.5. The number of amides is 1. The highest BCUT2D eigenvalue weighted by Gasteiger charge is 2.14. The third kappa shape index (κ3) is 5.14. The van der Waals surface area contributed by atoms with Crippen molar-refractivity contribution in [2.24, 2.45) is 0 Å². The average molecular weight is 461 g/mol. The molecule has 1 amide bonds. The predicted octanol–water partition coefficient (Wildman–Crippen LogP) is 5.62. The molecule has 0 saturated heterocycles. The van der Waals surface area contributed by atoms with Crippen molar-refractivity contribution < 1.29 is 4.79 Å². The number of nitrogens with zero attached hydrogens (tertiary/aromatic N) is 3. The Labute approximate surface area is 205 Å². The molecule has 0 fully saturated rings. The lowest BCUT2D eigenvalue weighted by Gasteiger charge is -2.11. The number of aromatic nitrogens is 3. The fourth-order valence-electron chi connectivity index (χ4n) is 4.25. The van der Waals surface area contributed by atoms with E-state index in [1.165, 1.54) is 16.7 Å². The number of carbonyl (C=O) groups excluding carboxylic acids is 1. The molecule has 2 aromatic heterocycles. The first-order valence-electron chi connectivity index (χ1n) is 11.8. The summed E-state index contributed by atoms with van der Waals surface area (Å²) in [4.78, 5) is 21.7. The number of fused-ring (bicyclic) bond motifs is 1. The summed E-state index contributed by atoms with van der Waals surface area (Å²) in [6.45, 7) is 5.42. The number of pyridine rings is 1. The Balaban J connectivity index is 1.38. The Morgan fingerprint density at radius 2 is 1.60 bits per heavy atom. The van der Waals surface area contributed by atoms with Gasteiger partial charge < -0.3 is 9.88 Å². The quantitative estimate of drug-likeness (QED) is 0.343. The number of aryl methyl sites for hydroxylation is 2. The zero-order valence-electron chi connectivity index (χ0n) is 20.0. The van der Waals surface area contributed by atoms with Crippen LogP contribution in [0.4, 0.5) is 0 Å². The Hall–Kier alpha value is -4.25. The van der Waals surface area contributed by atoms with Gasteiger partial charge in [-0.2, -0.15) is 0 Å². The standard InChI is InChI=1S/C30H28N4O/c1-21-15-27-28(16-22(21)2)34(29(33-27)17-23-7-4-3-5-8-23)20-24-10-12-26(13-11-24)30(35)32-19-25-9-6-14-31-18-25/h3-16,18H,17,19-20H2,1-2H3,(H,32,35). The summed E-state index contributed by atoms with van der Waals surface area (Å²) in [6.07, 6.45) is 4.25. The minimum absolute atomic E-state index is 0.0932. The molecule has 0 saturated carbocycles. The summed E-state index contributed by atoms with van der Waals surface area (Å²) in [5, 5.41) is 2.96. The zero-order chi connectivity index (χ0) is 24.2. The van der Waals surface area contributed by atoms with Crippen LogP contribution in [0.15, 0.2) is 91.3 Å². The maximum absolute atomic E-state index is 12.6. The molecule has 0 atom stereocenters. The van der Waals surface area contributed by atoms with Gasteiger partial charge in [0.15, 0.2) is 0 Å². The van der Waals surface area contributed by atoms with E-state index in [4.69, 9.17) is 4.98 Å². The molecule has 35 heavy (non-hydrogen) atoms. The molecule has 0 aliphatic heterocycles. The van der Waals surface area contributed by atoms with Crippen LogP contribution in [0.3, 0.4) is 0 Å².